The first-order chi connectivity index (χ1) is 15.3. The van der Waals surface area contributed by atoms with Crippen LogP contribution >= 0.6 is 11.3 Å². The van der Waals surface area contributed by atoms with Crippen molar-refractivity contribution in [1.82, 2.24) is 19.5 Å². The molecule has 0 unspecified atom stereocenters. The zero-order valence-corrected chi connectivity index (χ0v) is 19.5. The molecule has 4 rings (SSSR count). The van der Waals surface area contributed by atoms with Crippen LogP contribution in [0.5, 0.6) is 11.5 Å². The summed E-state index contributed by atoms with van der Waals surface area (Å²) in [5.74, 6) is 0.908. The van der Waals surface area contributed by atoms with Crippen molar-refractivity contribution in [2.75, 3.05) is 31.8 Å². The van der Waals surface area contributed by atoms with Crippen LogP contribution in [0.1, 0.15) is 28.0 Å². The molecule has 32 heavy (non-hydrogen) atoms. The lowest BCUT2D eigenvalue weighted by Gasteiger charge is -2.24. The zero-order chi connectivity index (χ0) is 22.9. The number of nitrogens with one attached hydrogen (secondary N) is 2. The Morgan fingerprint density at radius 1 is 1.28 bits per heavy atom. The monoisotopic (exact) mass is 477 g/mol. The van der Waals surface area contributed by atoms with Crippen LogP contribution in [0.15, 0.2) is 24.3 Å². The Kier molecular flexibility index (Phi) is 6.17. The Morgan fingerprint density at radius 3 is 2.81 bits per heavy atom. The van der Waals surface area contributed by atoms with Crippen molar-refractivity contribution in [3.63, 3.8) is 0 Å². The molecule has 12 heteroatoms. The normalized spacial score (nSPS) is 14.1. The molecule has 3 heterocycles. The maximum atomic E-state index is 12.7. The van der Waals surface area contributed by atoms with E-state index in [0.717, 1.165) is 10.6 Å². The molecular formula is C20H23N5O5S2. The molecule has 1 aliphatic heterocycles. The Hall–Kier alpha value is -2.96. The van der Waals surface area contributed by atoms with Crippen molar-refractivity contribution >= 4 is 32.4 Å². The molecule has 0 fully saturated rings. The Balaban J connectivity index is 1.51. The molecule has 2 N–H and O–H groups in total. The minimum Gasteiger partial charge on any atom is -0.497 e. The van der Waals surface area contributed by atoms with E-state index in [1.54, 1.807) is 45.4 Å². The fraction of sp³-hybridized carbons (Fsp3) is 0.350. The van der Waals surface area contributed by atoms with E-state index < -0.39 is 15.9 Å². The fourth-order valence-electron chi connectivity index (χ4n) is 3.40. The van der Waals surface area contributed by atoms with Gasteiger partial charge in [-0.2, -0.15) is 9.40 Å². The fourth-order valence-corrected chi connectivity index (χ4v) is 5.56. The summed E-state index contributed by atoms with van der Waals surface area (Å²) in [6, 6.07) is 6.95. The molecule has 0 bridgehead atoms. The van der Waals surface area contributed by atoms with E-state index >= 15 is 0 Å². The number of carbonyl (C=O) groups is 1. The molecule has 1 amide bonds. The topological polar surface area (TPSA) is 127 Å². The molecule has 0 saturated carbocycles. The second kappa shape index (κ2) is 8.88. The molecule has 0 radical (unpaired) electrons. The van der Waals surface area contributed by atoms with Gasteiger partial charge >= 0.3 is 0 Å². The Labute approximate surface area is 189 Å². The van der Waals surface area contributed by atoms with E-state index in [4.69, 9.17) is 9.47 Å². The zero-order valence-electron chi connectivity index (χ0n) is 17.8. The molecule has 170 valence electrons. The Morgan fingerprint density at radius 2 is 2.09 bits per heavy atom. The Bertz CT molecular complexity index is 1250. The lowest BCUT2D eigenvalue weighted by molar-refractivity contribution is 0.102. The standard InChI is InChI=1S/C20H23N5O5S2/c1-4-32(27,28)25-8-7-14-18(11-25)31-20(21-14)22-19(26)16-10-15(23-24-16)13-9-12(29-2)5-6-17(13)30-3/h5-6,9-10H,4,7-8,11H2,1-3H3,(H,23,24)(H,21,22,26). The minimum absolute atomic E-state index is 0.0605. The largest absolute Gasteiger partial charge is 0.497 e. The van der Waals surface area contributed by atoms with Crippen LogP contribution in [0.4, 0.5) is 5.13 Å². The molecule has 0 aliphatic carbocycles. The molecule has 10 nitrogen and oxygen atoms in total. The van der Waals surface area contributed by atoms with Crippen molar-refractivity contribution in [1.29, 1.82) is 0 Å². The first-order valence-electron chi connectivity index (χ1n) is 9.90. The van der Waals surface area contributed by atoms with Gasteiger partial charge in [0.2, 0.25) is 10.0 Å². The highest BCUT2D eigenvalue weighted by molar-refractivity contribution is 7.89. The number of methoxy groups -OCH3 is 2. The van der Waals surface area contributed by atoms with Gasteiger partial charge in [0.15, 0.2) is 5.13 Å². The van der Waals surface area contributed by atoms with Gasteiger partial charge in [0.1, 0.15) is 17.2 Å². The predicted molar refractivity (Wildman–Crippen MR) is 121 cm³/mol. The average Bonchev–Trinajstić information content (AvgIpc) is 3.45. The molecule has 0 spiro atoms. The number of anilines is 1. The highest BCUT2D eigenvalue weighted by Gasteiger charge is 2.28. The lowest BCUT2D eigenvalue weighted by Crippen LogP contribution is -2.36. The summed E-state index contributed by atoms with van der Waals surface area (Å²) in [7, 11) is -0.136. The minimum atomic E-state index is -3.26. The summed E-state index contributed by atoms with van der Waals surface area (Å²) in [5, 5.41) is 10.2. The summed E-state index contributed by atoms with van der Waals surface area (Å²) in [6.45, 7) is 2.30. The SMILES string of the molecule is CCS(=O)(=O)N1CCc2nc(NC(=O)c3cc(-c4cc(OC)ccc4OC)n[nH]3)sc2C1. The van der Waals surface area contributed by atoms with Crippen molar-refractivity contribution < 1.29 is 22.7 Å². The number of aromatic nitrogens is 3. The molecule has 0 atom stereocenters. The summed E-state index contributed by atoms with van der Waals surface area (Å²) >= 11 is 1.28. The first-order valence-corrected chi connectivity index (χ1v) is 12.3. The van der Waals surface area contributed by atoms with Gasteiger partial charge in [-0.1, -0.05) is 0 Å². The number of fused-ring (bicyclic) bond motifs is 1. The van der Waals surface area contributed by atoms with Crippen LogP contribution in [-0.2, 0) is 23.0 Å². The van der Waals surface area contributed by atoms with E-state index in [-0.39, 0.29) is 18.0 Å². The summed E-state index contributed by atoms with van der Waals surface area (Å²) in [5.41, 5.74) is 2.29. The number of H-pyrrole nitrogens is 1. The number of hydrogen-bond donors (Lipinski definition) is 2. The van der Waals surface area contributed by atoms with Crippen LogP contribution in [0, 0.1) is 0 Å². The van der Waals surface area contributed by atoms with Gasteiger partial charge in [-0.05, 0) is 31.2 Å². The molecule has 2 aromatic heterocycles. The van der Waals surface area contributed by atoms with Crippen molar-refractivity contribution in [2.45, 2.75) is 19.9 Å². The van der Waals surface area contributed by atoms with E-state index in [0.29, 0.717) is 40.9 Å². The number of amides is 1. The number of nitrogens with zero attached hydrogens (tertiary/aromatic N) is 3. The highest BCUT2D eigenvalue weighted by atomic mass is 32.2. The van der Waals surface area contributed by atoms with Gasteiger partial charge in [-0.3, -0.25) is 15.2 Å². The number of thiazole rings is 1. The summed E-state index contributed by atoms with van der Waals surface area (Å²) in [6.07, 6.45) is 0.519. The smallest absolute Gasteiger partial charge is 0.275 e. The molecule has 3 aromatic rings. The van der Waals surface area contributed by atoms with Crippen LogP contribution in [0.25, 0.3) is 11.3 Å². The summed E-state index contributed by atoms with van der Waals surface area (Å²) < 4.78 is 36.4. The molecule has 1 aliphatic rings. The molecular weight excluding hydrogens is 454 g/mol. The average molecular weight is 478 g/mol. The highest BCUT2D eigenvalue weighted by Crippen LogP contribution is 2.33. The van der Waals surface area contributed by atoms with Gasteiger partial charge in [-0.25, -0.2) is 13.4 Å². The second-order valence-electron chi connectivity index (χ2n) is 7.06. The van der Waals surface area contributed by atoms with Crippen molar-refractivity contribution in [2.24, 2.45) is 0 Å². The number of rotatable bonds is 7. The third-order valence-corrected chi connectivity index (χ3v) is 8.01. The third kappa shape index (κ3) is 4.33. The number of aromatic amines is 1. The van der Waals surface area contributed by atoms with E-state index in [9.17, 15) is 13.2 Å². The predicted octanol–water partition coefficient (Wildman–Crippen LogP) is 2.51. The number of carbonyl (C=O) groups excluding carboxylic acids is 1. The number of benzene rings is 1. The maximum Gasteiger partial charge on any atom is 0.275 e. The molecule has 0 saturated heterocycles. The van der Waals surface area contributed by atoms with Crippen LogP contribution in [0.2, 0.25) is 0 Å². The third-order valence-electron chi connectivity index (χ3n) is 5.18. The number of ether oxygens (including phenoxy) is 2. The lowest BCUT2D eigenvalue weighted by atomic mass is 10.1. The van der Waals surface area contributed by atoms with Crippen molar-refractivity contribution in [3.05, 3.63) is 40.5 Å². The quantitative estimate of drug-likeness (QED) is 0.535. The van der Waals surface area contributed by atoms with Gasteiger partial charge in [0.25, 0.3) is 5.91 Å². The maximum absolute atomic E-state index is 12.7. The van der Waals surface area contributed by atoms with Gasteiger partial charge in [0.05, 0.1) is 31.4 Å². The van der Waals surface area contributed by atoms with Crippen molar-refractivity contribution in [3.8, 4) is 22.8 Å². The number of sulfonamides is 1. The molecule has 1 aromatic carbocycles. The van der Waals surface area contributed by atoms with E-state index in [1.165, 1.54) is 15.6 Å². The van der Waals surface area contributed by atoms with Gasteiger partial charge in [0, 0.05) is 30.0 Å². The van der Waals surface area contributed by atoms with Crippen LogP contribution < -0.4 is 14.8 Å². The van der Waals surface area contributed by atoms with E-state index in [2.05, 4.69) is 20.5 Å². The van der Waals surface area contributed by atoms with Crippen LogP contribution in [-0.4, -0.2) is 60.3 Å². The number of hydrogen-bond acceptors (Lipinski definition) is 8. The summed E-state index contributed by atoms with van der Waals surface area (Å²) in [4.78, 5) is 18.1. The van der Waals surface area contributed by atoms with Gasteiger partial charge in [-0.15, -0.1) is 11.3 Å². The van der Waals surface area contributed by atoms with E-state index in [1.807, 2.05) is 0 Å². The van der Waals surface area contributed by atoms with Gasteiger partial charge < -0.3 is 9.47 Å². The van der Waals surface area contributed by atoms with Crippen LogP contribution in [0.3, 0.4) is 0 Å². The first kappa shape index (κ1) is 22.2. The second-order valence-corrected chi connectivity index (χ2v) is 10.4.